The maximum Gasteiger partial charge on any atom is 0.143 e. The lowest BCUT2D eigenvalue weighted by Crippen LogP contribution is -2.13. The van der Waals surface area contributed by atoms with Gasteiger partial charge in [-0.2, -0.15) is 0 Å². The van der Waals surface area contributed by atoms with Crippen LogP contribution in [0.4, 0.5) is 34.1 Å². The van der Waals surface area contributed by atoms with E-state index in [-0.39, 0.29) is 0 Å². The molecule has 0 aliphatic carbocycles. The molecule has 0 atom stereocenters. The molecule has 21 aromatic rings. The third-order valence-corrected chi connectivity index (χ3v) is 21.7. The van der Waals surface area contributed by atoms with E-state index in [0.717, 1.165) is 161 Å². The van der Waals surface area contributed by atoms with Crippen LogP contribution in [0.2, 0.25) is 0 Å². The van der Waals surface area contributed by atoms with Crippen LogP contribution in [-0.4, -0.2) is 0 Å². The number of furan rings is 2. The summed E-state index contributed by atoms with van der Waals surface area (Å²) in [7, 11) is 0. The summed E-state index contributed by atoms with van der Waals surface area (Å²) >= 11 is 0. The molecule has 106 heavy (non-hydrogen) atoms. The van der Waals surface area contributed by atoms with Gasteiger partial charge in [-0.05, 0) is 184 Å². The molecule has 0 spiro atoms. The molecule has 0 fully saturated rings. The first-order valence-corrected chi connectivity index (χ1v) is 36.3. The Balaban J connectivity index is 0.640. The van der Waals surface area contributed by atoms with Gasteiger partial charge in [-0.1, -0.05) is 297 Å². The highest BCUT2D eigenvalue weighted by Gasteiger charge is 2.27. The van der Waals surface area contributed by atoms with E-state index in [4.69, 9.17) is 8.83 Å². The average Bonchev–Trinajstić information content (AvgIpc) is 1.40. The second kappa shape index (κ2) is 24.9. The van der Waals surface area contributed by atoms with Crippen molar-refractivity contribution in [2.45, 2.75) is 0 Å². The van der Waals surface area contributed by atoms with E-state index in [1.165, 1.54) is 48.7 Å². The first-order chi connectivity index (χ1) is 52.5. The number of hydrogen-bond donors (Lipinski definition) is 0. The van der Waals surface area contributed by atoms with Gasteiger partial charge in [0.05, 0.1) is 28.4 Å². The molecule has 0 amide bonds. The van der Waals surface area contributed by atoms with E-state index >= 15 is 0 Å². The van der Waals surface area contributed by atoms with Crippen LogP contribution in [0.15, 0.2) is 397 Å². The van der Waals surface area contributed by atoms with Crippen molar-refractivity contribution in [1.82, 2.24) is 0 Å². The van der Waals surface area contributed by atoms with Crippen molar-refractivity contribution in [2.24, 2.45) is 0 Å². The highest BCUT2D eigenvalue weighted by molar-refractivity contribution is 6.19. The minimum Gasteiger partial charge on any atom is -0.455 e. The van der Waals surface area contributed by atoms with E-state index in [9.17, 15) is 0 Å². The van der Waals surface area contributed by atoms with Crippen molar-refractivity contribution in [1.29, 1.82) is 0 Å². The number of nitrogens with zero attached hydrogens (tertiary/aromatic N) is 2. The fourth-order valence-corrected chi connectivity index (χ4v) is 16.7. The van der Waals surface area contributed by atoms with Crippen LogP contribution in [0.5, 0.6) is 0 Å². The van der Waals surface area contributed by atoms with Crippen molar-refractivity contribution in [3.8, 4) is 66.8 Å². The van der Waals surface area contributed by atoms with Crippen molar-refractivity contribution < 1.29 is 8.83 Å². The fraction of sp³-hybridized carbons (Fsp3) is 0. The molecule has 4 heteroatoms. The van der Waals surface area contributed by atoms with Crippen molar-refractivity contribution in [3.63, 3.8) is 0 Å². The quantitative estimate of drug-likeness (QED) is 0.114. The average molecular weight is 1350 g/mol. The van der Waals surface area contributed by atoms with Crippen LogP contribution in [-0.2, 0) is 0 Å². The highest BCUT2D eigenvalue weighted by Crippen LogP contribution is 2.52. The van der Waals surface area contributed by atoms with Gasteiger partial charge in [0.25, 0.3) is 0 Å². The molecule has 0 saturated carbocycles. The Labute approximate surface area is 612 Å². The van der Waals surface area contributed by atoms with Gasteiger partial charge in [0.2, 0.25) is 0 Å². The normalized spacial score (nSPS) is 11.8. The van der Waals surface area contributed by atoms with Crippen LogP contribution in [0.3, 0.4) is 0 Å². The minimum absolute atomic E-state index is 0.848. The van der Waals surface area contributed by atoms with Crippen LogP contribution in [0, 0.1) is 0 Å². The van der Waals surface area contributed by atoms with Gasteiger partial charge in [-0.15, -0.1) is 0 Å². The van der Waals surface area contributed by atoms with Crippen molar-refractivity contribution in [3.05, 3.63) is 388 Å². The third-order valence-electron chi connectivity index (χ3n) is 21.7. The lowest BCUT2D eigenvalue weighted by Gasteiger charge is -2.31. The molecule has 0 saturated heterocycles. The number of anilines is 6. The van der Waals surface area contributed by atoms with Gasteiger partial charge < -0.3 is 18.6 Å². The first-order valence-electron chi connectivity index (χ1n) is 36.3. The van der Waals surface area contributed by atoms with Crippen molar-refractivity contribution >= 4 is 143 Å². The molecule has 2 heterocycles. The van der Waals surface area contributed by atoms with E-state index in [0.29, 0.717) is 0 Å². The van der Waals surface area contributed by atoms with Gasteiger partial charge in [0, 0.05) is 65.8 Å². The van der Waals surface area contributed by atoms with Crippen LogP contribution >= 0.6 is 0 Å². The van der Waals surface area contributed by atoms with Crippen LogP contribution in [0.25, 0.3) is 175 Å². The molecule has 21 rings (SSSR count). The lowest BCUT2D eigenvalue weighted by molar-refractivity contribution is 0.670. The molecule has 0 aliphatic heterocycles. The van der Waals surface area contributed by atoms with E-state index < -0.39 is 0 Å². The largest absolute Gasteiger partial charge is 0.455 e. The molecule has 0 unspecified atom stereocenters. The van der Waals surface area contributed by atoms with Crippen LogP contribution in [0.1, 0.15) is 0 Å². The summed E-state index contributed by atoms with van der Waals surface area (Å²) in [6.45, 7) is 0. The number of benzene rings is 19. The number of hydrogen-bond acceptors (Lipinski definition) is 4. The van der Waals surface area contributed by atoms with E-state index in [1.54, 1.807) is 0 Å². The summed E-state index contributed by atoms with van der Waals surface area (Å²) in [6.07, 6.45) is 0. The summed E-state index contributed by atoms with van der Waals surface area (Å²) in [5.41, 5.74) is 23.2. The molecule has 0 aliphatic rings. The molecule has 0 bridgehead atoms. The molecule has 0 radical (unpaired) electrons. The van der Waals surface area contributed by atoms with Gasteiger partial charge >= 0.3 is 0 Å². The first kappa shape index (κ1) is 60.7. The Morgan fingerprint density at radius 1 is 0.160 bits per heavy atom. The lowest BCUT2D eigenvalue weighted by atomic mass is 9.94. The SMILES string of the molecule is c1ccc(-c2ccc(N(c3ccccc3-c3cccc4c3oc3cc5cc(-c6ccc7cc(-c8cccc(N(c9ccccc9-c9cccc%10c9oc9cc%11ccccc%11cc9%10)c9cc%10ccccc%10c%10ccccc9%10)c8)ccc7c6)ccc5cc34)c3cccc4ccccc34)c(-c3ccccc3)c2)cc1. The number of rotatable bonds is 12. The summed E-state index contributed by atoms with van der Waals surface area (Å²) in [5.74, 6) is 0. The molecule has 0 N–H and O–H groups in total. The molecule has 494 valence electrons. The zero-order valence-electron chi connectivity index (χ0n) is 57.7. The van der Waals surface area contributed by atoms with Gasteiger partial charge in [-0.3, -0.25) is 0 Å². The van der Waals surface area contributed by atoms with Crippen molar-refractivity contribution in [2.75, 3.05) is 9.80 Å². The number of fused-ring (bicyclic) bond motifs is 13. The van der Waals surface area contributed by atoms with Gasteiger partial charge in [0.1, 0.15) is 22.3 Å². The summed E-state index contributed by atoms with van der Waals surface area (Å²) in [4.78, 5) is 4.93. The predicted molar refractivity (Wildman–Crippen MR) is 448 cm³/mol. The monoisotopic (exact) mass is 1350 g/mol. The topological polar surface area (TPSA) is 32.8 Å². The fourth-order valence-electron chi connectivity index (χ4n) is 16.7. The third kappa shape index (κ3) is 10.2. The second-order valence-electron chi connectivity index (χ2n) is 27.8. The second-order valence-corrected chi connectivity index (χ2v) is 27.8. The highest BCUT2D eigenvalue weighted by atomic mass is 16.3. The smallest absolute Gasteiger partial charge is 0.143 e. The zero-order chi connectivity index (χ0) is 69.8. The summed E-state index contributed by atoms with van der Waals surface area (Å²) in [5, 5.41) is 18.4. The van der Waals surface area contributed by atoms with Gasteiger partial charge in [0.15, 0.2) is 0 Å². The number of para-hydroxylation sites is 4. The maximum absolute atomic E-state index is 7.20. The Bertz CT molecular complexity index is 7100. The summed E-state index contributed by atoms with van der Waals surface area (Å²) < 4.78 is 14.2. The van der Waals surface area contributed by atoms with Crippen LogP contribution < -0.4 is 9.80 Å². The molecule has 2 aromatic heterocycles. The molecule has 19 aromatic carbocycles. The van der Waals surface area contributed by atoms with E-state index in [2.05, 4.69) is 398 Å². The Kier molecular flexibility index (Phi) is 14.2. The molecule has 4 nitrogen and oxygen atoms in total. The molecular formula is C102H64N2O2. The Morgan fingerprint density at radius 2 is 0.566 bits per heavy atom. The summed E-state index contributed by atoms with van der Waals surface area (Å²) in [6, 6.07) is 142. The zero-order valence-corrected chi connectivity index (χ0v) is 57.7. The maximum atomic E-state index is 7.20. The minimum atomic E-state index is 0.848. The Morgan fingerprint density at radius 3 is 1.23 bits per heavy atom. The Hall–Kier alpha value is -14.1. The predicted octanol–water partition coefficient (Wildman–Crippen LogP) is 29.3. The van der Waals surface area contributed by atoms with Gasteiger partial charge in [-0.25, -0.2) is 0 Å². The standard InChI is InChI=1S/C102H64N2O2/c1-3-23-65(24-4-1)76-53-54-97(91(59-76)67-25-5-2-6-26-67)104(94-46-20-31-66-27-9-12-35-82(66)94)96-45-18-16-39-86(96)88-41-22-43-90-93-61-77-52-51-75(57-79(77)64-100(93)106-102(88)90)74-50-49-72-55-71(47-48-73(72)56-74)68-32-19-33-80(58-68)103(98-62-78-30-10-11-34-81(78)83-36-13-14-37-84(83)98)95-44-17-15-38-85(95)87-40-21-42-89-92-60-69-28-7-8-29-70(69)63-99(92)105-101(87)89/h1-64H. The van der Waals surface area contributed by atoms with E-state index in [1.807, 2.05) is 0 Å². The molecular weight excluding hydrogens is 1290 g/mol.